The monoisotopic (exact) mass is 364 g/mol. The number of aryl methyl sites for hydroxylation is 1. The van der Waals surface area contributed by atoms with Gasteiger partial charge in [-0.15, -0.1) is 0 Å². The van der Waals surface area contributed by atoms with E-state index in [0.29, 0.717) is 5.56 Å². The minimum atomic E-state index is -4.42. The van der Waals surface area contributed by atoms with Crippen molar-refractivity contribution in [1.82, 2.24) is 20.5 Å². The van der Waals surface area contributed by atoms with Crippen LogP contribution in [-0.4, -0.2) is 33.9 Å². The van der Waals surface area contributed by atoms with E-state index in [-0.39, 0.29) is 24.0 Å². The van der Waals surface area contributed by atoms with Gasteiger partial charge in [0.05, 0.1) is 5.52 Å². The SMILES string of the molecule is Cc1ccc2[nH]nc(C(=O)NCc3ccc(OCC(F)(F)F)nc3)c2c1. The maximum atomic E-state index is 12.3. The lowest BCUT2D eigenvalue weighted by atomic mass is 10.1. The number of ether oxygens (including phenoxy) is 1. The predicted octanol–water partition coefficient (Wildman–Crippen LogP) is 3.14. The number of halogens is 3. The Morgan fingerprint density at radius 3 is 2.77 bits per heavy atom. The molecule has 0 radical (unpaired) electrons. The zero-order valence-electron chi connectivity index (χ0n) is 13.7. The Kier molecular flexibility index (Phi) is 4.79. The molecule has 0 bridgehead atoms. The highest BCUT2D eigenvalue weighted by Gasteiger charge is 2.28. The number of aromatic nitrogens is 3. The van der Waals surface area contributed by atoms with Gasteiger partial charge in [0.2, 0.25) is 5.88 Å². The molecule has 1 aromatic carbocycles. The number of pyridine rings is 1. The van der Waals surface area contributed by atoms with E-state index in [2.05, 4.69) is 25.2 Å². The number of hydrogen-bond donors (Lipinski definition) is 2. The van der Waals surface area contributed by atoms with Gasteiger partial charge in [-0.25, -0.2) is 4.98 Å². The molecule has 9 heteroatoms. The molecule has 136 valence electrons. The number of alkyl halides is 3. The number of aromatic amines is 1. The predicted molar refractivity (Wildman–Crippen MR) is 87.8 cm³/mol. The molecule has 26 heavy (non-hydrogen) atoms. The molecule has 0 spiro atoms. The second kappa shape index (κ2) is 7.03. The Morgan fingerprint density at radius 1 is 1.27 bits per heavy atom. The Labute approximate surface area is 146 Å². The van der Waals surface area contributed by atoms with E-state index in [0.717, 1.165) is 16.5 Å². The summed E-state index contributed by atoms with van der Waals surface area (Å²) < 4.78 is 40.8. The minimum Gasteiger partial charge on any atom is -0.468 e. The molecule has 2 N–H and O–H groups in total. The molecule has 0 saturated heterocycles. The van der Waals surface area contributed by atoms with E-state index in [1.807, 2.05) is 25.1 Å². The highest BCUT2D eigenvalue weighted by atomic mass is 19.4. The molecule has 1 amide bonds. The van der Waals surface area contributed by atoms with Crippen molar-refractivity contribution in [1.29, 1.82) is 0 Å². The third-order valence-electron chi connectivity index (χ3n) is 3.57. The number of rotatable bonds is 5. The van der Waals surface area contributed by atoms with Gasteiger partial charge in [-0.1, -0.05) is 17.7 Å². The van der Waals surface area contributed by atoms with Crippen molar-refractivity contribution in [2.45, 2.75) is 19.6 Å². The van der Waals surface area contributed by atoms with Gasteiger partial charge < -0.3 is 10.1 Å². The van der Waals surface area contributed by atoms with E-state index in [9.17, 15) is 18.0 Å². The van der Waals surface area contributed by atoms with Gasteiger partial charge in [-0.3, -0.25) is 9.89 Å². The van der Waals surface area contributed by atoms with E-state index in [1.165, 1.54) is 18.3 Å². The molecule has 6 nitrogen and oxygen atoms in total. The second-order valence-corrected chi connectivity index (χ2v) is 5.71. The third kappa shape index (κ3) is 4.29. The lowest BCUT2D eigenvalue weighted by Crippen LogP contribution is -2.23. The maximum absolute atomic E-state index is 12.3. The van der Waals surface area contributed by atoms with Gasteiger partial charge in [0.25, 0.3) is 5.91 Å². The minimum absolute atomic E-state index is 0.133. The van der Waals surface area contributed by atoms with Crippen LogP contribution in [-0.2, 0) is 6.54 Å². The first kappa shape index (κ1) is 17.7. The molecule has 0 atom stereocenters. The summed E-state index contributed by atoms with van der Waals surface area (Å²) in [5.41, 5.74) is 2.66. The fraction of sp³-hybridized carbons (Fsp3) is 0.235. The van der Waals surface area contributed by atoms with Crippen molar-refractivity contribution >= 4 is 16.8 Å². The average Bonchev–Trinajstić information content (AvgIpc) is 3.01. The molecule has 2 aromatic heterocycles. The summed E-state index contributed by atoms with van der Waals surface area (Å²) in [6.45, 7) is 0.676. The number of nitrogens with zero attached hydrogens (tertiary/aromatic N) is 2. The van der Waals surface area contributed by atoms with Crippen molar-refractivity contribution in [3.05, 3.63) is 53.3 Å². The summed E-state index contributed by atoms with van der Waals surface area (Å²) in [5.74, 6) is -0.495. The Balaban J connectivity index is 1.61. The summed E-state index contributed by atoms with van der Waals surface area (Å²) in [4.78, 5) is 16.1. The van der Waals surface area contributed by atoms with Crippen molar-refractivity contribution < 1.29 is 22.7 Å². The number of H-pyrrole nitrogens is 1. The molecule has 3 aromatic rings. The highest BCUT2D eigenvalue weighted by Crippen LogP contribution is 2.18. The third-order valence-corrected chi connectivity index (χ3v) is 3.57. The van der Waals surface area contributed by atoms with Crippen LogP contribution >= 0.6 is 0 Å². The molecule has 2 heterocycles. The van der Waals surface area contributed by atoms with Crippen molar-refractivity contribution in [3.8, 4) is 5.88 Å². The number of carbonyl (C=O) groups excluding carboxylic acids is 1. The van der Waals surface area contributed by atoms with Crippen LogP contribution in [0.1, 0.15) is 21.6 Å². The molecule has 0 aliphatic carbocycles. The zero-order chi connectivity index (χ0) is 18.7. The smallest absolute Gasteiger partial charge is 0.422 e. The lowest BCUT2D eigenvalue weighted by Gasteiger charge is -2.09. The number of benzene rings is 1. The van der Waals surface area contributed by atoms with E-state index < -0.39 is 12.8 Å². The van der Waals surface area contributed by atoms with Crippen molar-refractivity contribution in [2.75, 3.05) is 6.61 Å². The lowest BCUT2D eigenvalue weighted by molar-refractivity contribution is -0.154. The molecular weight excluding hydrogens is 349 g/mol. The Bertz CT molecular complexity index is 920. The highest BCUT2D eigenvalue weighted by molar-refractivity contribution is 6.04. The number of nitrogens with one attached hydrogen (secondary N) is 2. The van der Waals surface area contributed by atoms with E-state index >= 15 is 0 Å². The average molecular weight is 364 g/mol. The van der Waals surface area contributed by atoms with Crippen LogP contribution in [0.5, 0.6) is 5.88 Å². The Morgan fingerprint density at radius 2 is 2.08 bits per heavy atom. The second-order valence-electron chi connectivity index (χ2n) is 5.71. The zero-order valence-corrected chi connectivity index (χ0v) is 13.7. The molecule has 0 aliphatic heterocycles. The molecule has 3 rings (SSSR count). The van der Waals surface area contributed by atoms with Crippen LogP contribution in [0.25, 0.3) is 10.9 Å². The van der Waals surface area contributed by atoms with Crippen LogP contribution in [0, 0.1) is 6.92 Å². The first-order valence-corrected chi connectivity index (χ1v) is 7.69. The van der Waals surface area contributed by atoms with Crippen molar-refractivity contribution in [3.63, 3.8) is 0 Å². The topological polar surface area (TPSA) is 79.9 Å². The first-order chi connectivity index (χ1) is 12.3. The van der Waals surface area contributed by atoms with Gasteiger partial charge in [0, 0.05) is 24.2 Å². The number of hydrogen-bond acceptors (Lipinski definition) is 4. The summed E-state index contributed by atoms with van der Waals surface area (Å²) in [6, 6.07) is 8.47. The number of carbonyl (C=O) groups is 1. The summed E-state index contributed by atoms with van der Waals surface area (Å²) >= 11 is 0. The van der Waals surface area contributed by atoms with Gasteiger partial charge >= 0.3 is 6.18 Å². The summed E-state index contributed by atoms with van der Waals surface area (Å²) in [7, 11) is 0. The van der Waals surface area contributed by atoms with Crippen LogP contribution in [0.15, 0.2) is 36.5 Å². The fourth-order valence-electron chi connectivity index (χ4n) is 2.32. The molecular formula is C17H15F3N4O2. The van der Waals surface area contributed by atoms with Crippen LogP contribution in [0.4, 0.5) is 13.2 Å². The van der Waals surface area contributed by atoms with Crippen LogP contribution in [0.3, 0.4) is 0 Å². The molecule has 0 saturated carbocycles. The van der Waals surface area contributed by atoms with E-state index in [4.69, 9.17) is 0 Å². The van der Waals surface area contributed by atoms with Crippen LogP contribution in [0.2, 0.25) is 0 Å². The molecule has 0 fully saturated rings. The number of fused-ring (bicyclic) bond motifs is 1. The first-order valence-electron chi connectivity index (χ1n) is 7.69. The van der Waals surface area contributed by atoms with Gasteiger partial charge in [-0.05, 0) is 24.6 Å². The van der Waals surface area contributed by atoms with Gasteiger partial charge in [0.1, 0.15) is 0 Å². The Hall–Kier alpha value is -3.10. The van der Waals surface area contributed by atoms with Crippen LogP contribution < -0.4 is 10.1 Å². The summed E-state index contributed by atoms with van der Waals surface area (Å²) in [5, 5.41) is 10.3. The fourth-order valence-corrected chi connectivity index (χ4v) is 2.32. The maximum Gasteiger partial charge on any atom is 0.422 e. The summed E-state index contributed by atoms with van der Waals surface area (Å²) in [6.07, 6.45) is -3.07. The normalized spacial score (nSPS) is 11.5. The largest absolute Gasteiger partial charge is 0.468 e. The molecule has 0 aliphatic rings. The van der Waals surface area contributed by atoms with Gasteiger partial charge in [-0.2, -0.15) is 18.3 Å². The van der Waals surface area contributed by atoms with Crippen molar-refractivity contribution in [2.24, 2.45) is 0 Å². The number of amides is 1. The van der Waals surface area contributed by atoms with E-state index in [1.54, 1.807) is 0 Å². The quantitative estimate of drug-likeness (QED) is 0.729. The molecule has 0 unspecified atom stereocenters. The van der Waals surface area contributed by atoms with Gasteiger partial charge in [0.15, 0.2) is 12.3 Å². The standard InChI is InChI=1S/C17H15F3N4O2/c1-10-2-4-13-12(6-10)15(24-23-13)16(25)22-8-11-3-5-14(21-7-11)26-9-17(18,19)20/h2-7H,8-9H2,1H3,(H,22,25)(H,23,24).